The molecule has 0 saturated heterocycles. The summed E-state index contributed by atoms with van der Waals surface area (Å²) in [6, 6.07) is 73.1. The third-order valence-corrected chi connectivity index (χ3v) is 21.7. The fourth-order valence-corrected chi connectivity index (χ4v) is 14.8. The van der Waals surface area contributed by atoms with E-state index in [0.29, 0.717) is 11.1 Å². The SMILES string of the molecule is Cc1cc(C)c(-c2cccc[n+]2C)c(C)c1.Cc1cc(C)c(-c2cccc[n+]2C)cc1C.Cc1ccc(C)c(-c2cccc[n+]2C)c1C.Cc1ccc(C)c(-c2cccc[n+]2C)c1C.Cc1ccc(C)c(-c2cccc[n+]2C)c1C.[2H]C([2H])([2H])c1cc(C)c(-c2cccc[n+]2C)c(C)c1.[2H]C([2H])([2H])c1cc(C)c(-c2cccc[n+]2C)cc1C. The highest BCUT2D eigenvalue weighted by molar-refractivity contribution is 5.71. The average Bonchev–Trinajstić information content (AvgIpc) is 0.774. The molecule has 0 saturated carbocycles. The van der Waals surface area contributed by atoms with Crippen LogP contribution in [-0.4, -0.2) is 0 Å². The minimum Gasteiger partial charge on any atom is -0.201 e. The van der Waals surface area contributed by atoms with Crippen molar-refractivity contribution in [2.75, 3.05) is 0 Å². The number of aromatic nitrogens is 7. The van der Waals surface area contributed by atoms with Gasteiger partial charge in [0, 0.05) is 104 Å². The second kappa shape index (κ2) is 39.5. The Hall–Kier alpha value is -11.4. The Morgan fingerprint density at radius 2 is 0.402 bits per heavy atom. The molecule has 0 aliphatic rings. The van der Waals surface area contributed by atoms with E-state index in [-0.39, 0.29) is 0 Å². The van der Waals surface area contributed by atoms with Crippen molar-refractivity contribution >= 4 is 0 Å². The van der Waals surface area contributed by atoms with Gasteiger partial charge < -0.3 is 0 Å². The van der Waals surface area contributed by atoms with Gasteiger partial charge in [0.2, 0.25) is 39.9 Å². The maximum absolute atomic E-state index is 7.56. The number of hydrogen-bond acceptors (Lipinski definition) is 0. The lowest BCUT2D eigenvalue weighted by molar-refractivity contribution is -0.660. The molecule has 0 N–H and O–H groups in total. The lowest BCUT2D eigenvalue weighted by Gasteiger charge is -2.10. The molecule has 112 heavy (non-hydrogen) atoms. The van der Waals surface area contributed by atoms with Crippen LogP contribution in [0.3, 0.4) is 0 Å². The molecule has 0 aliphatic heterocycles. The van der Waals surface area contributed by atoms with Crippen LogP contribution in [0.5, 0.6) is 0 Å². The van der Waals surface area contributed by atoms with Crippen LogP contribution in [0.2, 0.25) is 0 Å². The van der Waals surface area contributed by atoms with Gasteiger partial charge in [0.25, 0.3) is 0 Å². The Kier molecular flexibility index (Phi) is 27.3. The smallest absolute Gasteiger partial charge is 0.201 e. The Labute approximate surface area is 682 Å². The van der Waals surface area contributed by atoms with Gasteiger partial charge in [0.15, 0.2) is 43.4 Å². The van der Waals surface area contributed by atoms with E-state index < -0.39 is 13.7 Å². The van der Waals surface area contributed by atoms with Gasteiger partial charge in [-0.3, -0.25) is 0 Å². The van der Waals surface area contributed by atoms with E-state index in [4.69, 9.17) is 8.22 Å². The molecule has 0 amide bonds. The second-order valence-electron chi connectivity index (χ2n) is 30.5. The monoisotopic (exact) mass is 1490 g/mol. The molecule has 0 unspecified atom stereocenters. The van der Waals surface area contributed by atoms with E-state index in [1.807, 2.05) is 106 Å². The Morgan fingerprint density at radius 1 is 0.179 bits per heavy atom. The largest absolute Gasteiger partial charge is 0.212 e. The van der Waals surface area contributed by atoms with Crippen molar-refractivity contribution in [2.24, 2.45) is 49.3 Å². The van der Waals surface area contributed by atoms with Crippen molar-refractivity contribution in [1.82, 2.24) is 0 Å². The van der Waals surface area contributed by atoms with Crippen molar-refractivity contribution in [3.8, 4) is 78.8 Å². The van der Waals surface area contributed by atoms with Crippen molar-refractivity contribution in [2.45, 2.75) is 145 Å². The molecule has 0 atom stereocenters. The number of rotatable bonds is 7. The van der Waals surface area contributed by atoms with Crippen molar-refractivity contribution in [3.05, 3.63) is 373 Å². The first-order chi connectivity index (χ1) is 55.6. The van der Waals surface area contributed by atoms with Crippen LogP contribution in [0.25, 0.3) is 78.8 Å². The van der Waals surface area contributed by atoms with Gasteiger partial charge in [-0.05, 0) is 306 Å². The fourth-order valence-electron chi connectivity index (χ4n) is 14.8. The standard InChI is InChI=1S/7C15H18N/c3*1-11-8-9-12(2)15(13(11)3)14-7-5-6-10-16(14)4;2*1-11-9-13(3)14(10-12(11)2)15-7-5-6-8-16(15)4;2*1-11-9-12(2)15(13(3)10-11)14-7-5-6-8-16(14)4/h7*5-10H,1-4H3/q7*+1/i;;;1D3;;1D3;. The number of nitrogens with zero attached hydrogens (tertiary/aromatic N) is 7. The molecule has 0 fully saturated rings. The quantitative estimate of drug-likeness (QED) is 0.142. The first-order valence-electron chi connectivity index (χ1n) is 41.9. The summed E-state index contributed by atoms with van der Waals surface area (Å²) >= 11 is 0. The fraction of sp³-hybridized carbons (Fsp3) is 0.267. The molecule has 7 heterocycles. The zero-order valence-corrected chi connectivity index (χ0v) is 71.9. The van der Waals surface area contributed by atoms with E-state index >= 15 is 0 Å². The highest BCUT2D eigenvalue weighted by Crippen LogP contribution is 2.32. The number of hydrogen-bond donors (Lipinski definition) is 0. The summed E-state index contributed by atoms with van der Waals surface area (Å²) in [5.74, 6) is 0. The summed E-state index contributed by atoms with van der Waals surface area (Å²) in [6.07, 6.45) is 14.4. The average molecular weight is 1490 g/mol. The van der Waals surface area contributed by atoms with Gasteiger partial charge in [0.05, 0.1) is 27.8 Å². The molecule has 0 aliphatic carbocycles. The summed E-state index contributed by atoms with van der Waals surface area (Å²) in [5.41, 5.74) is 42.4. The third kappa shape index (κ3) is 21.6. The van der Waals surface area contributed by atoms with Crippen LogP contribution >= 0.6 is 0 Å². The van der Waals surface area contributed by atoms with Gasteiger partial charge in [-0.1, -0.05) is 83.9 Å². The van der Waals surface area contributed by atoms with Crippen LogP contribution in [0.4, 0.5) is 0 Å². The van der Waals surface area contributed by atoms with E-state index in [1.165, 1.54) is 140 Å². The number of pyridine rings is 7. The Balaban J connectivity index is 0.000000172. The normalized spacial score (nSPS) is 11.5. The molecule has 7 aromatic heterocycles. The highest BCUT2D eigenvalue weighted by Gasteiger charge is 2.21. The molecule has 7 nitrogen and oxygen atoms in total. The summed E-state index contributed by atoms with van der Waals surface area (Å²) < 4.78 is 60.1. The molecule has 0 radical (unpaired) electrons. The third-order valence-electron chi connectivity index (χ3n) is 21.7. The van der Waals surface area contributed by atoms with Crippen LogP contribution in [0, 0.1) is 145 Å². The summed E-state index contributed by atoms with van der Waals surface area (Å²) in [5, 5.41) is 0. The summed E-state index contributed by atoms with van der Waals surface area (Å²) in [7, 11) is 14.4. The van der Waals surface area contributed by atoms with Crippen LogP contribution in [0.1, 0.15) is 125 Å². The number of benzene rings is 7. The lowest BCUT2D eigenvalue weighted by atomic mass is 9.95. The molecule has 14 rings (SSSR count). The molecule has 0 spiro atoms. The lowest BCUT2D eigenvalue weighted by Crippen LogP contribution is -2.30. The van der Waals surface area contributed by atoms with Gasteiger partial charge in [0.1, 0.15) is 49.3 Å². The zero-order valence-electron chi connectivity index (χ0n) is 77.9. The second-order valence-corrected chi connectivity index (χ2v) is 30.5. The van der Waals surface area contributed by atoms with Crippen molar-refractivity contribution < 1.29 is 40.2 Å². The first-order valence-corrected chi connectivity index (χ1v) is 38.9. The van der Waals surface area contributed by atoms with Gasteiger partial charge in [-0.2, -0.15) is 0 Å². The van der Waals surface area contributed by atoms with E-state index in [0.717, 1.165) is 44.8 Å². The topological polar surface area (TPSA) is 27.2 Å². The maximum atomic E-state index is 7.56. The van der Waals surface area contributed by atoms with Gasteiger partial charge in [-0.25, -0.2) is 32.0 Å². The zero-order chi connectivity index (χ0) is 86.9. The van der Waals surface area contributed by atoms with E-state index in [1.54, 1.807) is 18.2 Å². The predicted molar refractivity (Wildman–Crippen MR) is 471 cm³/mol. The Morgan fingerprint density at radius 3 is 0.661 bits per heavy atom. The van der Waals surface area contributed by atoms with E-state index in [9.17, 15) is 0 Å². The van der Waals surface area contributed by atoms with Crippen LogP contribution in [0.15, 0.2) is 256 Å². The van der Waals surface area contributed by atoms with Crippen LogP contribution in [-0.2, 0) is 49.3 Å². The molecule has 0 bridgehead atoms. The molecular weight excluding hydrogens is 1360 g/mol. The minimum absolute atomic E-state index is 0.407. The highest BCUT2D eigenvalue weighted by atomic mass is 14.9. The van der Waals surface area contributed by atoms with Gasteiger partial charge >= 0.3 is 0 Å². The maximum Gasteiger partial charge on any atom is 0.212 e. The minimum atomic E-state index is -2.05. The number of aryl methyl sites for hydroxylation is 25. The van der Waals surface area contributed by atoms with E-state index in [2.05, 4.69) is 345 Å². The molecule has 7 heteroatoms. The predicted octanol–water partition coefficient (Wildman–Crippen LogP) is 21.7. The van der Waals surface area contributed by atoms with Gasteiger partial charge in [-0.15, -0.1) is 0 Å². The molecule has 14 aromatic rings. The molecule has 7 aromatic carbocycles. The Bertz CT molecular complexity index is 5610. The molecule has 574 valence electrons. The van der Waals surface area contributed by atoms with Crippen molar-refractivity contribution in [3.63, 3.8) is 0 Å². The summed E-state index contributed by atoms with van der Waals surface area (Å²) in [4.78, 5) is 0. The van der Waals surface area contributed by atoms with Crippen LogP contribution < -0.4 is 32.0 Å². The first kappa shape index (κ1) is 77.3. The van der Waals surface area contributed by atoms with Crippen molar-refractivity contribution in [1.29, 1.82) is 0 Å². The summed E-state index contributed by atoms with van der Waals surface area (Å²) in [6.45, 7) is 36.3. The molecular formula is C105H126N7+7.